The molecule has 0 aromatic heterocycles. The second kappa shape index (κ2) is 7.17. The van der Waals surface area contributed by atoms with Crippen molar-refractivity contribution >= 4 is 0 Å². The van der Waals surface area contributed by atoms with E-state index in [1.54, 1.807) is 5.57 Å². The third-order valence-corrected chi connectivity index (χ3v) is 9.88. The summed E-state index contributed by atoms with van der Waals surface area (Å²) in [5.41, 5.74) is 2.46. The Bertz CT molecular complexity index is 581. The van der Waals surface area contributed by atoms with Crippen molar-refractivity contribution in [1.29, 1.82) is 0 Å². The Morgan fingerprint density at radius 3 is 2.56 bits per heavy atom. The number of hydrogen-bond acceptors (Lipinski definition) is 2. The van der Waals surface area contributed by atoms with Gasteiger partial charge in [-0.1, -0.05) is 32.4 Å². The molecule has 0 radical (unpaired) electrons. The van der Waals surface area contributed by atoms with E-state index < -0.39 is 0 Å². The zero-order valence-electron chi connectivity index (χ0n) is 18.1. The number of rotatable bonds is 4. The third-order valence-electron chi connectivity index (χ3n) is 9.88. The lowest BCUT2D eigenvalue weighted by Crippen LogP contribution is -2.50. The quantitative estimate of drug-likeness (QED) is 0.618. The minimum Gasteiger partial charge on any atom is -0.393 e. The van der Waals surface area contributed by atoms with Crippen molar-refractivity contribution in [2.45, 2.75) is 104 Å². The van der Waals surface area contributed by atoms with Crippen LogP contribution >= 0.6 is 0 Å². The van der Waals surface area contributed by atoms with E-state index in [-0.39, 0.29) is 12.2 Å². The van der Waals surface area contributed by atoms with E-state index in [1.165, 1.54) is 44.9 Å². The molecule has 2 nitrogen and oxygen atoms in total. The van der Waals surface area contributed by atoms with Crippen molar-refractivity contribution in [2.75, 3.05) is 0 Å². The van der Waals surface area contributed by atoms with Gasteiger partial charge in [-0.15, -0.1) is 0 Å². The van der Waals surface area contributed by atoms with Crippen molar-refractivity contribution < 1.29 is 10.2 Å². The third kappa shape index (κ3) is 3.23. The van der Waals surface area contributed by atoms with Crippen LogP contribution in [0.2, 0.25) is 0 Å². The van der Waals surface area contributed by atoms with E-state index in [0.29, 0.717) is 10.8 Å². The summed E-state index contributed by atoms with van der Waals surface area (Å²) in [6.07, 6.45) is 14.4. The van der Waals surface area contributed by atoms with Crippen LogP contribution in [0.25, 0.3) is 0 Å². The first-order chi connectivity index (χ1) is 12.8. The largest absolute Gasteiger partial charge is 0.393 e. The Morgan fingerprint density at radius 2 is 1.81 bits per heavy atom. The van der Waals surface area contributed by atoms with Gasteiger partial charge in [0.25, 0.3) is 0 Å². The van der Waals surface area contributed by atoms with Crippen LogP contribution in [-0.2, 0) is 0 Å². The average Bonchev–Trinajstić information content (AvgIpc) is 2.97. The lowest BCUT2D eigenvalue weighted by Gasteiger charge is -2.58. The standard InChI is InChI=1S/C25H42O2/c1-16(5-6-17(2)26)21-9-10-22-20-8-7-18-15-19(27)11-13-24(18,3)23(20)12-14-25(21,22)4/h7,16-17,19-23,26-27H,5-6,8-15H2,1-4H3/t16-,17?,19+,20?,21-,22?,23?,24+,25-/m1/s1. The molecule has 0 heterocycles. The summed E-state index contributed by atoms with van der Waals surface area (Å²) >= 11 is 0. The highest BCUT2D eigenvalue weighted by molar-refractivity contribution is 5.25. The van der Waals surface area contributed by atoms with Crippen molar-refractivity contribution in [3.05, 3.63) is 11.6 Å². The fourth-order valence-corrected chi connectivity index (χ4v) is 8.32. The number of aliphatic hydroxyl groups is 2. The van der Waals surface area contributed by atoms with Crippen LogP contribution in [0.1, 0.15) is 91.9 Å². The molecule has 154 valence electrons. The van der Waals surface area contributed by atoms with Crippen LogP contribution in [0.15, 0.2) is 11.6 Å². The molecule has 3 saturated carbocycles. The zero-order chi connectivity index (χ0) is 19.4. The maximum Gasteiger partial charge on any atom is 0.0577 e. The minimum atomic E-state index is -0.156. The van der Waals surface area contributed by atoms with E-state index in [9.17, 15) is 10.2 Å². The van der Waals surface area contributed by atoms with Crippen LogP contribution in [0.3, 0.4) is 0 Å². The molecule has 0 aromatic carbocycles. The van der Waals surface area contributed by atoms with Gasteiger partial charge in [0.2, 0.25) is 0 Å². The van der Waals surface area contributed by atoms with Crippen molar-refractivity contribution in [3.8, 4) is 0 Å². The van der Waals surface area contributed by atoms with Gasteiger partial charge in [-0.2, -0.15) is 0 Å². The molecule has 4 unspecified atom stereocenters. The van der Waals surface area contributed by atoms with Crippen molar-refractivity contribution in [2.24, 2.45) is 40.4 Å². The summed E-state index contributed by atoms with van der Waals surface area (Å²) in [5, 5.41) is 19.9. The summed E-state index contributed by atoms with van der Waals surface area (Å²) in [6.45, 7) is 9.54. The van der Waals surface area contributed by atoms with Crippen molar-refractivity contribution in [3.63, 3.8) is 0 Å². The van der Waals surface area contributed by atoms with Gasteiger partial charge in [0, 0.05) is 0 Å². The molecule has 0 spiro atoms. The van der Waals surface area contributed by atoms with Gasteiger partial charge < -0.3 is 10.2 Å². The number of hydrogen-bond donors (Lipinski definition) is 2. The Hall–Kier alpha value is -0.340. The van der Waals surface area contributed by atoms with Crippen molar-refractivity contribution in [1.82, 2.24) is 0 Å². The molecule has 0 bridgehead atoms. The molecule has 4 aliphatic carbocycles. The molecule has 0 aromatic rings. The van der Waals surface area contributed by atoms with Crippen LogP contribution in [0.5, 0.6) is 0 Å². The SMILES string of the molecule is CC(O)CC[C@@H](C)[C@H]1CCC2C3CC=C4C[C@@H](O)CC[C@]4(C)C3CC[C@@]21C. The van der Waals surface area contributed by atoms with Gasteiger partial charge in [-0.05, 0) is 112 Å². The Kier molecular flexibility index (Phi) is 5.30. The molecule has 3 fully saturated rings. The molecular weight excluding hydrogens is 332 g/mol. The lowest BCUT2D eigenvalue weighted by molar-refractivity contribution is -0.0577. The van der Waals surface area contributed by atoms with Gasteiger partial charge in [-0.3, -0.25) is 0 Å². The van der Waals surface area contributed by atoms with E-state index in [2.05, 4.69) is 26.8 Å². The Balaban J connectivity index is 1.53. The topological polar surface area (TPSA) is 40.5 Å². The maximum atomic E-state index is 10.2. The van der Waals surface area contributed by atoms with E-state index in [4.69, 9.17) is 0 Å². The minimum absolute atomic E-state index is 0.0969. The van der Waals surface area contributed by atoms with E-state index in [0.717, 1.165) is 48.9 Å². The molecule has 4 aliphatic rings. The molecule has 2 heteroatoms. The monoisotopic (exact) mass is 374 g/mol. The Morgan fingerprint density at radius 1 is 1.04 bits per heavy atom. The highest BCUT2D eigenvalue weighted by atomic mass is 16.3. The molecular formula is C25H42O2. The summed E-state index contributed by atoms with van der Waals surface area (Å²) in [7, 11) is 0. The highest BCUT2D eigenvalue weighted by Gasteiger charge is 2.59. The summed E-state index contributed by atoms with van der Waals surface area (Å²) in [4.78, 5) is 0. The second-order valence-corrected chi connectivity index (χ2v) is 11.3. The zero-order valence-corrected chi connectivity index (χ0v) is 18.1. The van der Waals surface area contributed by atoms with Gasteiger partial charge in [0.15, 0.2) is 0 Å². The molecule has 0 saturated heterocycles. The van der Waals surface area contributed by atoms with Gasteiger partial charge in [-0.25, -0.2) is 0 Å². The van der Waals surface area contributed by atoms with Crippen LogP contribution in [0, 0.1) is 40.4 Å². The first kappa shape index (κ1) is 20.0. The van der Waals surface area contributed by atoms with Crippen LogP contribution < -0.4 is 0 Å². The molecule has 0 aliphatic heterocycles. The molecule has 0 amide bonds. The number of fused-ring (bicyclic) bond motifs is 5. The summed E-state index contributed by atoms with van der Waals surface area (Å²) < 4.78 is 0. The average molecular weight is 375 g/mol. The first-order valence-electron chi connectivity index (χ1n) is 11.8. The second-order valence-electron chi connectivity index (χ2n) is 11.3. The van der Waals surface area contributed by atoms with Gasteiger partial charge in [0.05, 0.1) is 12.2 Å². The molecule has 2 N–H and O–H groups in total. The molecule has 4 rings (SSSR count). The van der Waals surface area contributed by atoms with Crippen LogP contribution in [-0.4, -0.2) is 22.4 Å². The number of allylic oxidation sites excluding steroid dienone is 1. The van der Waals surface area contributed by atoms with Crippen LogP contribution in [0.4, 0.5) is 0 Å². The first-order valence-corrected chi connectivity index (χ1v) is 11.8. The smallest absolute Gasteiger partial charge is 0.0577 e. The van der Waals surface area contributed by atoms with Gasteiger partial charge in [0.1, 0.15) is 0 Å². The van der Waals surface area contributed by atoms with E-state index >= 15 is 0 Å². The number of aliphatic hydroxyl groups excluding tert-OH is 2. The molecule has 27 heavy (non-hydrogen) atoms. The highest BCUT2D eigenvalue weighted by Crippen LogP contribution is 2.67. The predicted octanol–water partition coefficient (Wildman–Crippen LogP) is 5.72. The fourth-order valence-electron chi connectivity index (χ4n) is 8.32. The predicted molar refractivity (Wildman–Crippen MR) is 111 cm³/mol. The van der Waals surface area contributed by atoms with E-state index in [1.807, 2.05) is 6.92 Å². The summed E-state index contributed by atoms with van der Waals surface area (Å²) in [5.74, 6) is 4.17. The molecule has 9 atom stereocenters. The summed E-state index contributed by atoms with van der Waals surface area (Å²) in [6, 6.07) is 0. The lowest BCUT2D eigenvalue weighted by atomic mass is 9.47. The van der Waals surface area contributed by atoms with Gasteiger partial charge >= 0.3 is 0 Å². The Labute approximate surface area is 166 Å². The maximum absolute atomic E-state index is 10.2. The normalized spacial score (nSPS) is 48.8. The fraction of sp³-hybridized carbons (Fsp3) is 0.920.